The summed E-state index contributed by atoms with van der Waals surface area (Å²) >= 11 is 1.76. The van der Waals surface area contributed by atoms with Gasteiger partial charge >= 0.3 is 0 Å². The summed E-state index contributed by atoms with van der Waals surface area (Å²) in [5, 5.41) is 2.09. The number of rotatable bonds is 3. The van der Waals surface area contributed by atoms with Crippen LogP contribution in [0.3, 0.4) is 0 Å². The number of carbonyl (C=O) groups is 2. The standard InChI is InChI=1S/C20H22N2O3S/c1-13-3-4-17(25-2)16(9-13)22-12-15(10-19(22)23)20(24)21-7-5-18-14(11-21)6-8-26-18/h3-4,6,8-9,15H,5,7,10-12H2,1-2H3. The van der Waals surface area contributed by atoms with E-state index in [0.29, 0.717) is 18.8 Å². The Balaban J connectivity index is 1.51. The molecule has 1 unspecified atom stereocenters. The normalized spacial score (nSPS) is 19.6. The topological polar surface area (TPSA) is 49.9 Å². The summed E-state index contributed by atoms with van der Waals surface area (Å²) in [7, 11) is 1.60. The van der Waals surface area contributed by atoms with Gasteiger partial charge in [0.15, 0.2) is 0 Å². The smallest absolute Gasteiger partial charge is 0.228 e. The molecule has 1 saturated heterocycles. The van der Waals surface area contributed by atoms with E-state index in [1.54, 1.807) is 23.3 Å². The largest absolute Gasteiger partial charge is 0.495 e. The molecular weight excluding hydrogens is 348 g/mol. The highest BCUT2D eigenvalue weighted by Crippen LogP contribution is 2.35. The van der Waals surface area contributed by atoms with Crippen molar-refractivity contribution in [2.45, 2.75) is 26.3 Å². The number of carbonyl (C=O) groups excluding carboxylic acids is 2. The fraction of sp³-hybridized carbons (Fsp3) is 0.400. The Hall–Kier alpha value is -2.34. The van der Waals surface area contributed by atoms with Crippen molar-refractivity contribution in [3.63, 3.8) is 0 Å². The highest BCUT2D eigenvalue weighted by atomic mass is 32.1. The molecule has 2 amide bonds. The third kappa shape index (κ3) is 2.98. The first-order valence-electron chi connectivity index (χ1n) is 8.86. The van der Waals surface area contributed by atoms with Gasteiger partial charge in [0.25, 0.3) is 0 Å². The van der Waals surface area contributed by atoms with E-state index in [2.05, 4.69) is 11.4 Å². The molecule has 0 saturated carbocycles. The van der Waals surface area contributed by atoms with Gasteiger partial charge in [-0.15, -0.1) is 11.3 Å². The highest BCUT2D eigenvalue weighted by molar-refractivity contribution is 7.10. The van der Waals surface area contributed by atoms with Gasteiger partial charge in [0.05, 0.1) is 18.7 Å². The van der Waals surface area contributed by atoms with Crippen LogP contribution in [0.2, 0.25) is 0 Å². The maximum absolute atomic E-state index is 13.0. The Morgan fingerprint density at radius 2 is 2.15 bits per heavy atom. The van der Waals surface area contributed by atoms with Crippen molar-refractivity contribution in [1.29, 1.82) is 0 Å². The molecule has 1 aromatic carbocycles. The first-order valence-corrected chi connectivity index (χ1v) is 9.74. The van der Waals surface area contributed by atoms with E-state index < -0.39 is 0 Å². The number of nitrogens with zero attached hydrogens (tertiary/aromatic N) is 2. The lowest BCUT2D eigenvalue weighted by Gasteiger charge is -2.29. The number of benzene rings is 1. The van der Waals surface area contributed by atoms with Crippen LogP contribution in [-0.4, -0.2) is 36.9 Å². The second kappa shape index (κ2) is 6.76. The Morgan fingerprint density at radius 1 is 1.31 bits per heavy atom. The van der Waals surface area contributed by atoms with Crippen LogP contribution in [0, 0.1) is 12.8 Å². The molecule has 2 aromatic rings. The maximum Gasteiger partial charge on any atom is 0.228 e. The van der Waals surface area contributed by atoms with Gasteiger partial charge in [-0.1, -0.05) is 6.07 Å². The van der Waals surface area contributed by atoms with Gasteiger partial charge in [-0.05, 0) is 48.1 Å². The second-order valence-electron chi connectivity index (χ2n) is 6.96. The molecule has 4 rings (SSSR count). The predicted octanol–water partition coefficient (Wildman–Crippen LogP) is 3.00. The molecule has 0 N–H and O–H groups in total. The first-order chi connectivity index (χ1) is 12.6. The minimum atomic E-state index is -0.284. The number of fused-ring (bicyclic) bond motifs is 1. The van der Waals surface area contributed by atoms with Crippen molar-refractivity contribution in [2.24, 2.45) is 5.92 Å². The van der Waals surface area contributed by atoms with Crippen molar-refractivity contribution in [3.05, 3.63) is 45.6 Å². The molecule has 26 heavy (non-hydrogen) atoms. The molecular formula is C20H22N2O3S. The van der Waals surface area contributed by atoms with E-state index in [0.717, 1.165) is 24.2 Å². The number of amides is 2. The summed E-state index contributed by atoms with van der Waals surface area (Å²) in [6.45, 7) is 3.81. The van der Waals surface area contributed by atoms with E-state index in [9.17, 15) is 9.59 Å². The van der Waals surface area contributed by atoms with Gasteiger partial charge in [-0.3, -0.25) is 9.59 Å². The molecule has 0 spiro atoms. The number of hydrogen-bond acceptors (Lipinski definition) is 4. The van der Waals surface area contributed by atoms with Crippen LogP contribution in [-0.2, 0) is 22.6 Å². The molecule has 0 aliphatic carbocycles. The summed E-state index contributed by atoms with van der Waals surface area (Å²) in [4.78, 5) is 30.6. The van der Waals surface area contributed by atoms with Crippen molar-refractivity contribution in [2.75, 3.05) is 25.1 Å². The summed E-state index contributed by atoms with van der Waals surface area (Å²) in [6.07, 6.45) is 1.18. The van der Waals surface area contributed by atoms with Crippen LogP contribution in [0.15, 0.2) is 29.6 Å². The van der Waals surface area contributed by atoms with E-state index >= 15 is 0 Å². The Bertz CT molecular complexity index is 860. The third-order valence-electron chi connectivity index (χ3n) is 5.22. The molecule has 0 radical (unpaired) electrons. The monoisotopic (exact) mass is 370 g/mol. The molecule has 2 aliphatic heterocycles. The zero-order chi connectivity index (χ0) is 18.3. The number of methoxy groups -OCH3 is 1. The minimum absolute atomic E-state index is 0.0134. The predicted molar refractivity (Wildman–Crippen MR) is 102 cm³/mol. The molecule has 136 valence electrons. The third-order valence-corrected chi connectivity index (χ3v) is 6.24. The minimum Gasteiger partial charge on any atom is -0.495 e. The zero-order valence-electron chi connectivity index (χ0n) is 15.0. The van der Waals surface area contributed by atoms with Crippen molar-refractivity contribution in [1.82, 2.24) is 4.90 Å². The number of thiophene rings is 1. The van der Waals surface area contributed by atoms with E-state index in [1.165, 1.54) is 10.4 Å². The van der Waals surface area contributed by atoms with E-state index in [-0.39, 0.29) is 24.2 Å². The molecule has 1 atom stereocenters. The second-order valence-corrected chi connectivity index (χ2v) is 7.96. The van der Waals surface area contributed by atoms with E-state index in [1.807, 2.05) is 30.0 Å². The average Bonchev–Trinajstić information content (AvgIpc) is 3.26. The van der Waals surface area contributed by atoms with Crippen LogP contribution in [0.4, 0.5) is 5.69 Å². The molecule has 1 aromatic heterocycles. The van der Waals surface area contributed by atoms with Crippen LogP contribution in [0.5, 0.6) is 5.75 Å². The number of aryl methyl sites for hydroxylation is 1. The lowest BCUT2D eigenvalue weighted by molar-refractivity contribution is -0.136. The number of ether oxygens (including phenoxy) is 1. The van der Waals surface area contributed by atoms with Crippen LogP contribution >= 0.6 is 11.3 Å². The molecule has 1 fully saturated rings. The molecule has 5 nitrogen and oxygen atoms in total. The van der Waals surface area contributed by atoms with Crippen LogP contribution in [0.25, 0.3) is 0 Å². The van der Waals surface area contributed by atoms with Gasteiger partial charge in [-0.25, -0.2) is 0 Å². The Labute approximate surface area is 157 Å². The molecule has 0 bridgehead atoms. The van der Waals surface area contributed by atoms with Crippen LogP contribution < -0.4 is 9.64 Å². The van der Waals surface area contributed by atoms with E-state index in [4.69, 9.17) is 4.74 Å². The van der Waals surface area contributed by atoms with Crippen molar-refractivity contribution in [3.8, 4) is 5.75 Å². The Morgan fingerprint density at radius 3 is 2.96 bits per heavy atom. The first kappa shape index (κ1) is 17.1. The van der Waals surface area contributed by atoms with Gasteiger partial charge < -0.3 is 14.5 Å². The molecule has 6 heteroatoms. The molecule has 3 heterocycles. The lowest BCUT2D eigenvalue weighted by Crippen LogP contribution is -2.40. The Kier molecular flexibility index (Phi) is 4.44. The summed E-state index contributed by atoms with van der Waals surface area (Å²) in [5.41, 5.74) is 3.06. The SMILES string of the molecule is COc1ccc(C)cc1N1CC(C(=O)N2CCc3sccc3C2)CC1=O. The lowest BCUT2D eigenvalue weighted by atomic mass is 10.0. The van der Waals surface area contributed by atoms with Gasteiger partial charge in [0, 0.05) is 30.9 Å². The maximum atomic E-state index is 13.0. The molecule has 2 aliphatic rings. The van der Waals surface area contributed by atoms with Gasteiger partial charge in [0.1, 0.15) is 5.75 Å². The highest BCUT2D eigenvalue weighted by Gasteiger charge is 2.38. The number of hydrogen-bond donors (Lipinski definition) is 0. The summed E-state index contributed by atoms with van der Waals surface area (Å²) in [6, 6.07) is 7.87. The quantitative estimate of drug-likeness (QED) is 0.835. The fourth-order valence-electron chi connectivity index (χ4n) is 3.81. The average molecular weight is 370 g/mol. The van der Waals surface area contributed by atoms with Crippen LogP contribution in [0.1, 0.15) is 22.4 Å². The summed E-state index contributed by atoms with van der Waals surface area (Å²) in [5.74, 6) is 0.454. The fourth-order valence-corrected chi connectivity index (χ4v) is 4.70. The van der Waals surface area contributed by atoms with Gasteiger partial charge in [0.2, 0.25) is 11.8 Å². The number of anilines is 1. The van der Waals surface area contributed by atoms with Crippen molar-refractivity contribution >= 4 is 28.8 Å². The summed E-state index contributed by atoms with van der Waals surface area (Å²) < 4.78 is 5.42. The van der Waals surface area contributed by atoms with Gasteiger partial charge in [-0.2, -0.15) is 0 Å². The van der Waals surface area contributed by atoms with Crippen molar-refractivity contribution < 1.29 is 14.3 Å². The zero-order valence-corrected chi connectivity index (χ0v) is 15.8.